The SMILES string of the molecule is CC(C)(C)NC(=O)c1ccc(NC(=O)c2ccc(CSc3ncn[nH]3)cc2)cc1. The fourth-order valence-electron chi connectivity index (χ4n) is 2.49. The van der Waals surface area contributed by atoms with Crippen LogP contribution in [0.5, 0.6) is 0 Å². The number of hydrogen-bond donors (Lipinski definition) is 3. The van der Waals surface area contributed by atoms with Crippen molar-refractivity contribution in [1.29, 1.82) is 0 Å². The molecule has 0 spiro atoms. The van der Waals surface area contributed by atoms with E-state index >= 15 is 0 Å². The number of hydrogen-bond acceptors (Lipinski definition) is 5. The Hall–Kier alpha value is -3.13. The largest absolute Gasteiger partial charge is 0.347 e. The summed E-state index contributed by atoms with van der Waals surface area (Å²) in [5, 5.41) is 13.1. The summed E-state index contributed by atoms with van der Waals surface area (Å²) in [6, 6.07) is 14.2. The number of anilines is 1. The molecule has 1 aromatic heterocycles. The maximum absolute atomic E-state index is 12.5. The van der Waals surface area contributed by atoms with E-state index in [1.807, 2.05) is 32.9 Å². The predicted molar refractivity (Wildman–Crippen MR) is 114 cm³/mol. The molecule has 3 aromatic rings. The summed E-state index contributed by atoms with van der Waals surface area (Å²) in [5.41, 5.74) is 2.52. The van der Waals surface area contributed by atoms with Gasteiger partial charge in [0.15, 0.2) is 5.16 Å². The van der Waals surface area contributed by atoms with E-state index in [1.165, 1.54) is 6.33 Å². The van der Waals surface area contributed by atoms with Gasteiger partial charge in [-0.25, -0.2) is 4.98 Å². The molecule has 0 aliphatic rings. The third kappa shape index (κ3) is 6.18. The van der Waals surface area contributed by atoms with Crippen LogP contribution in [0.2, 0.25) is 0 Å². The number of amides is 2. The van der Waals surface area contributed by atoms with Crippen molar-refractivity contribution in [3.63, 3.8) is 0 Å². The highest BCUT2D eigenvalue weighted by atomic mass is 32.2. The van der Waals surface area contributed by atoms with E-state index in [-0.39, 0.29) is 17.4 Å². The maximum Gasteiger partial charge on any atom is 0.255 e. The second-order valence-electron chi connectivity index (χ2n) is 7.51. The van der Waals surface area contributed by atoms with Crippen molar-refractivity contribution < 1.29 is 9.59 Å². The Bertz CT molecular complexity index is 962. The van der Waals surface area contributed by atoms with Crippen LogP contribution in [0.3, 0.4) is 0 Å². The lowest BCUT2D eigenvalue weighted by molar-refractivity contribution is 0.0919. The molecule has 3 rings (SSSR count). The zero-order valence-corrected chi connectivity index (χ0v) is 17.3. The van der Waals surface area contributed by atoms with Crippen molar-refractivity contribution >= 4 is 29.3 Å². The van der Waals surface area contributed by atoms with Gasteiger partial charge in [0.05, 0.1) is 0 Å². The van der Waals surface area contributed by atoms with Crippen molar-refractivity contribution in [2.75, 3.05) is 5.32 Å². The van der Waals surface area contributed by atoms with Crippen LogP contribution in [0.15, 0.2) is 60.0 Å². The third-order valence-corrected chi connectivity index (χ3v) is 4.83. The van der Waals surface area contributed by atoms with Gasteiger partial charge in [-0.05, 0) is 62.7 Å². The lowest BCUT2D eigenvalue weighted by Crippen LogP contribution is -2.40. The Morgan fingerprint density at radius 3 is 2.17 bits per heavy atom. The van der Waals surface area contributed by atoms with Crippen molar-refractivity contribution in [3.05, 3.63) is 71.5 Å². The standard InChI is InChI=1S/C21H23N5O2S/c1-21(2,3)25-19(28)16-8-10-17(11-9-16)24-18(27)15-6-4-14(5-7-15)12-29-20-22-13-23-26-20/h4-11,13H,12H2,1-3H3,(H,24,27)(H,25,28)(H,22,23,26). The summed E-state index contributed by atoms with van der Waals surface area (Å²) < 4.78 is 0. The Morgan fingerprint density at radius 2 is 1.59 bits per heavy atom. The van der Waals surface area contributed by atoms with Gasteiger partial charge >= 0.3 is 0 Å². The zero-order chi connectivity index (χ0) is 20.9. The normalized spacial score (nSPS) is 11.1. The van der Waals surface area contributed by atoms with E-state index in [9.17, 15) is 9.59 Å². The Balaban J connectivity index is 1.56. The summed E-state index contributed by atoms with van der Waals surface area (Å²) >= 11 is 1.54. The fourth-order valence-corrected chi connectivity index (χ4v) is 3.22. The number of nitrogens with one attached hydrogen (secondary N) is 3. The number of nitrogens with zero attached hydrogens (tertiary/aromatic N) is 2. The molecule has 0 fully saturated rings. The molecule has 3 N–H and O–H groups in total. The molecule has 8 heteroatoms. The van der Waals surface area contributed by atoms with Crippen molar-refractivity contribution in [2.45, 2.75) is 37.2 Å². The number of thioether (sulfide) groups is 1. The molecule has 0 saturated heterocycles. The van der Waals surface area contributed by atoms with Crippen molar-refractivity contribution in [3.8, 4) is 0 Å². The summed E-state index contributed by atoms with van der Waals surface area (Å²) in [6.07, 6.45) is 1.47. The first-order chi connectivity index (χ1) is 13.8. The van der Waals surface area contributed by atoms with Gasteiger partial charge in [-0.3, -0.25) is 14.7 Å². The molecule has 0 atom stereocenters. The van der Waals surface area contributed by atoms with E-state index in [1.54, 1.807) is 48.2 Å². The average molecular weight is 410 g/mol. The van der Waals surface area contributed by atoms with E-state index in [2.05, 4.69) is 25.8 Å². The van der Waals surface area contributed by atoms with Crippen LogP contribution < -0.4 is 10.6 Å². The van der Waals surface area contributed by atoms with Crippen LogP contribution in [0, 0.1) is 0 Å². The summed E-state index contributed by atoms with van der Waals surface area (Å²) in [6.45, 7) is 5.78. The Morgan fingerprint density at radius 1 is 0.966 bits per heavy atom. The molecule has 2 amide bonds. The summed E-state index contributed by atoms with van der Waals surface area (Å²) in [5.74, 6) is 0.385. The van der Waals surface area contributed by atoms with E-state index < -0.39 is 0 Å². The molecule has 7 nitrogen and oxygen atoms in total. The molecule has 150 valence electrons. The second kappa shape index (κ2) is 8.91. The second-order valence-corrected chi connectivity index (χ2v) is 8.48. The van der Waals surface area contributed by atoms with Crippen LogP contribution in [-0.4, -0.2) is 32.5 Å². The smallest absolute Gasteiger partial charge is 0.255 e. The number of rotatable bonds is 6. The fraction of sp³-hybridized carbons (Fsp3) is 0.238. The summed E-state index contributed by atoms with van der Waals surface area (Å²) in [7, 11) is 0. The summed E-state index contributed by atoms with van der Waals surface area (Å²) in [4.78, 5) is 28.7. The third-order valence-electron chi connectivity index (χ3n) is 3.88. The molecule has 0 saturated carbocycles. The van der Waals surface area contributed by atoms with Crippen molar-refractivity contribution in [1.82, 2.24) is 20.5 Å². The highest BCUT2D eigenvalue weighted by Crippen LogP contribution is 2.19. The van der Waals surface area contributed by atoms with Crippen molar-refractivity contribution in [2.24, 2.45) is 0 Å². The van der Waals surface area contributed by atoms with Gasteiger partial charge in [0.1, 0.15) is 6.33 Å². The maximum atomic E-state index is 12.5. The van der Waals surface area contributed by atoms with Crippen LogP contribution in [-0.2, 0) is 5.75 Å². The molecule has 0 bridgehead atoms. The van der Waals surface area contributed by atoms with Gasteiger partial charge in [-0.1, -0.05) is 23.9 Å². The van der Waals surface area contributed by atoms with Crippen LogP contribution >= 0.6 is 11.8 Å². The monoisotopic (exact) mass is 409 g/mol. The minimum Gasteiger partial charge on any atom is -0.347 e. The molecule has 0 aliphatic carbocycles. The molecule has 1 heterocycles. The molecule has 0 unspecified atom stereocenters. The average Bonchev–Trinajstić information content (AvgIpc) is 3.19. The predicted octanol–water partition coefficient (Wildman–Crippen LogP) is 3.88. The van der Waals surface area contributed by atoms with E-state index in [0.29, 0.717) is 16.8 Å². The number of carbonyl (C=O) groups is 2. The van der Waals surface area contributed by atoms with Gasteiger partial charge < -0.3 is 10.6 Å². The van der Waals surface area contributed by atoms with Crippen LogP contribution in [0.25, 0.3) is 0 Å². The Labute approximate surface area is 173 Å². The highest BCUT2D eigenvalue weighted by Gasteiger charge is 2.15. The van der Waals surface area contributed by atoms with E-state index in [4.69, 9.17) is 0 Å². The van der Waals surface area contributed by atoms with Gasteiger partial charge in [-0.15, -0.1) is 0 Å². The first kappa shape index (κ1) is 20.6. The number of H-pyrrole nitrogens is 1. The first-order valence-corrected chi connectivity index (χ1v) is 10.1. The quantitative estimate of drug-likeness (QED) is 0.537. The lowest BCUT2D eigenvalue weighted by atomic mass is 10.1. The van der Waals surface area contributed by atoms with Crippen LogP contribution in [0.1, 0.15) is 47.1 Å². The number of benzene rings is 2. The first-order valence-electron chi connectivity index (χ1n) is 9.11. The molecule has 29 heavy (non-hydrogen) atoms. The lowest BCUT2D eigenvalue weighted by Gasteiger charge is -2.20. The van der Waals surface area contributed by atoms with Gasteiger partial charge in [-0.2, -0.15) is 5.10 Å². The zero-order valence-electron chi connectivity index (χ0n) is 16.5. The molecular formula is C21H23N5O2S. The molecule has 0 aliphatic heterocycles. The van der Waals surface area contributed by atoms with Gasteiger partial charge in [0, 0.05) is 28.1 Å². The van der Waals surface area contributed by atoms with Crippen LogP contribution in [0.4, 0.5) is 5.69 Å². The minimum atomic E-state index is -0.302. The number of aromatic nitrogens is 3. The molecule has 0 radical (unpaired) electrons. The highest BCUT2D eigenvalue weighted by molar-refractivity contribution is 7.98. The van der Waals surface area contributed by atoms with E-state index in [0.717, 1.165) is 16.5 Å². The number of carbonyl (C=O) groups excluding carboxylic acids is 2. The molecule has 2 aromatic carbocycles. The Kier molecular flexibility index (Phi) is 6.33. The van der Waals surface area contributed by atoms with Gasteiger partial charge in [0.2, 0.25) is 0 Å². The number of aromatic amines is 1. The topological polar surface area (TPSA) is 99.8 Å². The minimum absolute atomic E-state index is 0.144. The van der Waals surface area contributed by atoms with Gasteiger partial charge in [0.25, 0.3) is 11.8 Å². The molecular weight excluding hydrogens is 386 g/mol.